The van der Waals surface area contributed by atoms with E-state index in [-0.39, 0.29) is 30.6 Å². The molecule has 5 rings (SSSR count). The quantitative estimate of drug-likeness (QED) is 0.229. The van der Waals surface area contributed by atoms with Crippen molar-refractivity contribution >= 4 is 35.0 Å². The van der Waals surface area contributed by atoms with Crippen molar-refractivity contribution in [2.75, 3.05) is 37.6 Å². The zero-order valence-corrected chi connectivity index (χ0v) is 30.7. The smallest absolute Gasteiger partial charge is 0.407 e. The van der Waals surface area contributed by atoms with E-state index >= 15 is 0 Å². The van der Waals surface area contributed by atoms with Crippen molar-refractivity contribution in [2.24, 2.45) is 5.92 Å². The third-order valence-electron chi connectivity index (χ3n) is 9.10. The SMILES string of the molecule is COc1cc2c(cc1OC(C)C)C(c1ccc(Cl)cc1)N(c1ccc(N(C)CC3CCC(NC(=O)OC(C)(C)C)CC3)cc1OC)C(=O)C2. The van der Waals surface area contributed by atoms with Crippen molar-refractivity contribution < 1.29 is 28.5 Å². The maximum Gasteiger partial charge on any atom is 0.407 e. The monoisotopic (exact) mass is 691 g/mol. The number of hydrogen-bond donors (Lipinski definition) is 1. The van der Waals surface area contributed by atoms with Crippen LogP contribution in [0.4, 0.5) is 16.2 Å². The van der Waals surface area contributed by atoms with Crippen LogP contribution in [0.15, 0.2) is 54.6 Å². The molecule has 3 aromatic carbocycles. The molecule has 0 saturated heterocycles. The van der Waals surface area contributed by atoms with Crippen LogP contribution in [0.2, 0.25) is 5.02 Å². The molecule has 49 heavy (non-hydrogen) atoms. The Bertz CT molecular complexity index is 1630. The molecule has 0 radical (unpaired) electrons. The molecule has 1 aliphatic carbocycles. The van der Waals surface area contributed by atoms with E-state index in [1.165, 1.54) is 0 Å². The lowest BCUT2D eigenvalue weighted by molar-refractivity contribution is -0.118. The topological polar surface area (TPSA) is 89.6 Å². The molecular weight excluding hydrogens is 642 g/mol. The summed E-state index contributed by atoms with van der Waals surface area (Å²) >= 11 is 6.30. The number of nitrogens with one attached hydrogen (secondary N) is 1. The average Bonchev–Trinajstić information content (AvgIpc) is 3.04. The minimum Gasteiger partial charge on any atom is -0.494 e. The molecule has 9 nitrogen and oxygen atoms in total. The third kappa shape index (κ3) is 8.74. The molecule has 0 spiro atoms. The molecule has 1 heterocycles. The van der Waals surface area contributed by atoms with E-state index in [9.17, 15) is 9.59 Å². The zero-order chi connectivity index (χ0) is 35.5. The van der Waals surface area contributed by atoms with E-state index in [1.807, 2.05) is 88.0 Å². The highest BCUT2D eigenvalue weighted by Gasteiger charge is 2.37. The highest BCUT2D eigenvalue weighted by molar-refractivity contribution is 6.30. The van der Waals surface area contributed by atoms with Gasteiger partial charge < -0.3 is 29.2 Å². The molecule has 1 aliphatic heterocycles. The van der Waals surface area contributed by atoms with Crippen LogP contribution in [-0.2, 0) is 16.0 Å². The van der Waals surface area contributed by atoms with Crippen LogP contribution in [0.25, 0.3) is 0 Å². The van der Waals surface area contributed by atoms with Gasteiger partial charge in [-0.25, -0.2) is 4.79 Å². The first-order valence-electron chi connectivity index (χ1n) is 17.1. The second-order valence-electron chi connectivity index (χ2n) is 14.4. The number of amides is 2. The lowest BCUT2D eigenvalue weighted by Gasteiger charge is -2.39. The number of fused-ring (bicyclic) bond motifs is 1. The maximum atomic E-state index is 14.1. The summed E-state index contributed by atoms with van der Waals surface area (Å²) in [5, 5.41) is 3.65. The molecule has 2 amide bonds. The fourth-order valence-electron chi connectivity index (χ4n) is 6.87. The number of carbonyl (C=O) groups excluding carboxylic acids is 2. The molecule has 2 aliphatic rings. The Morgan fingerprint density at radius 2 is 1.63 bits per heavy atom. The lowest BCUT2D eigenvalue weighted by Crippen LogP contribution is -2.42. The maximum absolute atomic E-state index is 14.1. The number of hydrogen-bond acceptors (Lipinski definition) is 7. The first-order chi connectivity index (χ1) is 23.3. The second-order valence-corrected chi connectivity index (χ2v) is 14.8. The fraction of sp³-hybridized carbons (Fsp3) is 0.487. The Labute approximate surface area is 295 Å². The van der Waals surface area contributed by atoms with Crippen LogP contribution >= 0.6 is 11.6 Å². The summed E-state index contributed by atoms with van der Waals surface area (Å²) in [5.41, 5.74) is 3.94. The lowest BCUT2D eigenvalue weighted by atomic mass is 9.85. The number of benzene rings is 3. The average molecular weight is 692 g/mol. The van der Waals surface area contributed by atoms with Crippen molar-refractivity contribution in [2.45, 2.75) is 90.5 Å². The minimum absolute atomic E-state index is 0.0526. The highest BCUT2D eigenvalue weighted by Crippen LogP contribution is 2.46. The van der Waals surface area contributed by atoms with Crippen molar-refractivity contribution in [3.05, 3.63) is 76.3 Å². The van der Waals surface area contributed by atoms with Crippen molar-refractivity contribution in [3.63, 3.8) is 0 Å². The van der Waals surface area contributed by atoms with Crippen LogP contribution in [0.5, 0.6) is 17.2 Å². The summed E-state index contributed by atoms with van der Waals surface area (Å²) in [6.07, 6.45) is 3.65. The van der Waals surface area contributed by atoms with Crippen LogP contribution in [0, 0.1) is 5.92 Å². The van der Waals surface area contributed by atoms with Gasteiger partial charge >= 0.3 is 6.09 Å². The number of rotatable bonds is 10. The number of alkyl carbamates (subject to hydrolysis) is 1. The van der Waals surface area contributed by atoms with Crippen molar-refractivity contribution in [1.29, 1.82) is 0 Å². The molecule has 3 aromatic rings. The van der Waals surface area contributed by atoms with Gasteiger partial charge in [-0.05, 0) is 119 Å². The normalized spacial score (nSPS) is 19.3. The number of carbonyl (C=O) groups is 2. The first-order valence-corrected chi connectivity index (χ1v) is 17.5. The predicted octanol–water partition coefficient (Wildman–Crippen LogP) is 8.34. The number of methoxy groups -OCH3 is 2. The Morgan fingerprint density at radius 1 is 0.959 bits per heavy atom. The summed E-state index contributed by atoms with van der Waals surface area (Å²) < 4.78 is 23.2. The van der Waals surface area contributed by atoms with Crippen LogP contribution < -0.4 is 29.3 Å². The van der Waals surface area contributed by atoms with E-state index in [0.29, 0.717) is 33.9 Å². The number of nitrogens with zero attached hydrogens (tertiary/aromatic N) is 2. The van der Waals surface area contributed by atoms with Crippen LogP contribution in [-0.4, -0.2) is 57.6 Å². The van der Waals surface area contributed by atoms with Crippen molar-refractivity contribution in [3.8, 4) is 17.2 Å². The molecule has 1 atom stereocenters. The molecular formula is C39H50ClN3O6. The Morgan fingerprint density at radius 3 is 2.24 bits per heavy atom. The zero-order valence-electron chi connectivity index (χ0n) is 30.0. The number of ether oxygens (including phenoxy) is 4. The van der Waals surface area contributed by atoms with Crippen LogP contribution in [0.1, 0.15) is 83.0 Å². The molecule has 0 aromatic heterocycles. The number of anilines is 2. The molecule has 264 valence electrons. The first kappa shape index (κ1) is 36.2. The fourth-order valence-corrected chi connectivity index (χ4v) is 6.99. The number of halogens is 1. The third-order valence-corrected chi connectivity index (χ3v) is 9.35. The van der Waals surface area contributed by atoms with E-state index < -0.39 is 11.6 Å². The Balaban J connectivity index is 1.39. The van der Waals surface area contributed by atoms with Gasteiger partial charge in [-0.15, -0.1) is 0 Å². The highest BCUT2D eigenvalue weighted by atomic mass is 35.5. The Hall–Kier alpha value is -4.11. The summed E-state index contributed by atoms with van der Waals surface area (Å²) in [6.45, 7) is 10.4. The molecule has 1 fully saturated rings. The molecule has 1 saturated carbocycles. The standard InChI is InChI=1S/C39H50ClN3O6/c1-24(2)48-35-22-31-27(19-34(35)47-8)20-36(44)43(37(31)26-11-13-28(40)14-12-26)32-18-17-30(21-33(32)46-7)42(6)23-25-9-15-29(16-10-25)41-38(45)49-39(3,4)5/h11-14,17-19,21-22,24-25,29,37H,9-10,15-16,20,23H2,1-8H3,(H,41,45). The second kappa shape index (κ2) is 15.2. The van der Waals surface area contributed by atoms with Gasteiger partial charge in [0, 0.05) is 36.4 Å². The van der Waals surface area contributed by atoms with E-state index in [4.69, 9.17) is 30.5 Å². The van der Waals surface area contributed by atoms with Crippen LogP contribution in [0.3, 0.4) is 0 Å². The van der Waals surface area contributed by atoms with Gasteiger partial charge in [0.05, 0.1) is 38.5 Å². The van der Waals surface area contributed by atoms with E-state index in [0.717, 1.165) is 54.6 Å². The largest absolute Gasteiger partial charge is 0.494 e. The van der Waals surface area contributed by atoms with E-state index in [2.05, 4.69) is 23.3 Å². The van der Waals surface area contributed by atoms with Gasteiger partial charge in [-0.1, -0.05) is 23.7 Å². The molecule has 10 heteroatoms. The predicted molar refractivity (Wildman–Crippen MR) is 195 cm³/mol. The molecule has 0 bridgehead atoms. The van der Waals surface area contributed by atoms with E-state index in [1.54, 1.807) is 14.2 Å². The Kier molecular flexibility index (Phi) is 11.2. The molecule has 1 N–H and O–H groups in total. The molecule has 1 unspecified atom stereocenters. The summed E-state index contributed by atoms with van der Waals surface area (Å²) in [5.74, 6) is 2.27. The summed E-state index contributed by atoms with van der Waals surface area (Å²) in [7, 11) is 5.34. The summed E-state index contributed by atoms with van der Waals surface area (Å²) in [4.78, 5) is 30.4. The van der Waals surface area contributed by atoms with Gasteiger partial charge in [0.25, 0.3) is 0 Å². The van der Waals surface area contributed by atoms with Crippen molar-refractivity contribution in [1.82, 2.24) is 5.32 Å². The minimum atomic E-state index is -0.511. The van der Waals surface area contributed by atoms with Gasteiger partial charge in [0.15, 0.2) is 11.5 Å². The summed E-state index contributed by atoms with van der Waals surface area (Å²) in [6, 6.07) is 17.3. The van der Waals surface area contributed by atoms with Gasteiger partial charge in [-0.3, -0.25) is 9.69 Å². The van der Waals surface area contributed by atoms with Gasteiger partial charge in [0.1, 0.15) is 11.4 Å². The van der Waals surface area contributed by atoms with Gasteiger partial charge in [0.2, 0.25) is 5.91 Å². The van der Waals surface area contributed by atoms with Gasteiger partial charge in [-0.2, -0.15) is 0 Å².